The van der Waals surface area contributed by atoms with Gasteiger partial charge in [-0.25, -0.2) is 0 Å². The Morgan fingerprint density at radius 2 is 1.60 bits per heavy atom. The zero-order valence-electron chi connectivity index (χ0n) is 12.6. The highest BCUT2D eigenvalue weighted by molar-refractivity contribution is 5.52. The molecule has 0 bridgehead atoms. The number of nitrogens with one attached hydrogen (secondary N) is 1. The van der Waals surface area contributed by atoms with Crippen LogP contribution in [0.5, 0.6) is 5.75 Å². The van der Waals surface area contributed by atoms with Gasteiger partial charge in [-0.2, -0.15) is 0 Å². The average Bonchev–Trinajstić information content (AvgIpc) is 2.44. The Balaban J connectivity index is 1.71. The number of hydrogen-bond acceptors (Lipinski definition) is 2. The molecule has 0 saturated heterocycles. The Morgan fingerprint density at radius 3 is 2.35 bits per heavy atom. The molecule has 2 nitrogen and oxygen atoms in total. The molecule has 0 heterocycles. The maximum Gasteiger partial charge on any atom is 0.119 e. The van der Waals surface area contributed by atoms with Gasteiger partial charge in [-0.1, -0.05) is 29.8 Å². The highest BCUT2D eigenvalue weighted by atomic mass is 16.5. The highest BCUT2D eigenvalue weighted by Crippen LogP contribution is 2.16. The summed E-state index contributed by atoms with van der Waals surface area (Å²) in [7, 11) is 0. The van der Waals surface area contributed by atoms with Crippen molar-refractivity contribution in [2.75, 3.05) is 18.5 Å². The van der Waals surface area contributed by atoms with Crippen LogP contribution in [0.4, 0.5) is 5.69 Å². The average molecular weight is 269 g/mol. The first-order valence-corrected chi connectivity index (χ1v) is 7.16. The molecule has 1 N–H and O–H groups in total. The third kappa shape index (κ3) is 4.30. The van der Waals surface area contributed by atoms with Gasteiger partial charge < -0.3 is 10.1 Å². The SMILES string of the molecule is Cc1ccc(OCCCNc2cc(C)ccc2C)cc1. The van der Waals surface area contributed by atoms with Crippen molar-refractivity contribution in [2.45, 2.75) is 27.2 Å². The van der Waals surface area contributed by atoms with Crippen molar-refractivity contribution < 1.29 is 4.74 Å². The highest BCUT2D eigenvalue weighted by Gasteiger charge is 1.98. The predicted molar refractivity (Wildman–Crippen MR) is 85.7 cm³/mol. The molecule has 0 atom stereocenters. The first kappa shape index (κ1) is 14.4. The molecule has 0 fully saturated rings. The van der Waals surface area contributed by atoms with Crippen LogP contribution in [-0.4, -0.2) is 13.2 Å². The van der Waals surface area contributed by atoms with E-state index in [-0.39, 0.29) is 0 Å². The van der Waals surface area contributed by atoms with Crippen LogP contribution < -0.4 is 10.1 Å². The van der Waals surface area contributed by atoms with Crippen LogP contribution >= 0.6 is 0 Å². The van der Waals surface area contributed by atoms with E-state index in [1.54, 1.807) is 0 Å². The lowest BCUT2D eigenvalue weighted by Gasteiger charge is -2.11. The third-order valence-corrected chi connectivity index (χ3v) is 3.32. The maximum atomic E-state index is 5.71. The number of rotatable bonds is 6. The van der Waals surface area contributed by atoms with E-state index >= 15 is 0 Å². The summed E-state index contributed by atoms with van der Waals surface area (Å²) in [5.41, 5.74) is 5.05. The summed E-state index contributed by atoms with van der Waals surface area (Å²) in [4.78, 5) is 0. The van der Waals surface area contributed by atoms with E-state index in [2.05, 4.69) is 56.4 Å². The zero-order chi connectivity index (χ0) is 14.4. The Morgan fingerprint density at radius 1 is 0.900 bits per heavy atom. The smallest absolute Gasteiger partial charge is 0.119 e. The second-order valence-corrected chi connectivity index (χ2v) is 5.26. The van der Waals surface area contributed by atoms with Crippen molar-refractivity contribution in [2.24, 2.45) is 0 Å². The quantitative estimate of drug-likeness (QED) is 0.780. The van der Waals surface area contributed by atoms with Gasteiger partial charge in [0, 0.05) is 12.2 Å². The number of aryl methyl sites for hydroxylation is 3. The fraction of sp³-hybridized carbons (Fsp3) is 0.333. The van der Waals surface area contributed by atoms with E-state index in [1.165, 1.54) is 22.4 Å². The van der Waals surface area contributed by atoms with Gasteiger partial charge in [0.25, 0.3) is 0 Å². The van der Waals surface area contributed by atoms with Gasteiger partial charge in [-0.05, 0) is 56.5 Å². The minimum Gasteiger partial charge on any atom is -0.494 e. The minimum atomic E-state index is 0.737. The van der Waals surface area contributed by atoms with Crippen molar-refractivity contribution >= 4 is 5.69 Å². The van der Waals surface area contributed by atoms with Gasteiger partial charge in [0.05, 0.1) is 6.61 Å². The first-order chi connectivity index (χ1) is 9.65. The Kier molecular flexibility index (Phi) is 5.05. The molecule has 20 heavy (non-hydrogen) atoms. The molecule has 0 aromatic heterocycles. The number of anilines is 1. The van der Waals surface area contributed by atoms with Crippen LogP contribution in [0.3, 0.4) is 0 Å². The summed E-state index contributed by atoms with van der Waals surface area (Å²) in [5.74, 6) is 0.947. The molecule has 2 rings (SSSR count). The molecular weight excluding hydrogens is 246 g/mol. The summed E-state index contributed by atoms with van der Waals surface area (Å²) in [6, 6.07) is 14.7. The lowest BCUT2D eigenvalue weighted by molar-refractivity contribution is 0.315. The molecule has 2 aromatic rings. The first-order valence-electron chi connectivity index (χ1n) is 7.16. The maximum absolute atomic E-state index is 5.71. The van der Waals surface area contributed by atoms with E-state index in [9.17, 15) is 0 Å². The normalized spacial score (nSPS) is 10.3. The summed E-state index contributed by atoms with van der Waals surface area (Å²) in [6.45, 7) is 7.99. The topological polar surface area (TPSA) is 21.3 Å². The van der Waals surface area contributed by atoms with Crippen molar-refractivity contribution in [1.82, 2.24) is 0 Å². The fourth-order valence-corrected chi connectivity index (χ4v) is 2.05. The summed E-state index contributed by atoms with van der Waals surface area (Å²) >= 11 is 0. The van der Waals surface area contributed by atoms with E-state index in [4.69, 9.17) is 4.74 Å². The van der Waals surface area contributed by atoms with Crippen LogP contribution in [0, 0.1) is 20.8 Å². The second kappa shape index (κ2) is 6.99. The molecule has 2 heteroatoms. The third-order valence-electron chi connectivity index (χ3n) is 3.32. The molecule has 2 aromatic carbocycles. The lowest BCUT2D eigenvalue weighted by atomic mass is 10.1. The summed E-state index contributed by atoms with van der Waals surface area (Å²) in [5, 5.41) is 3.47. The van der Waals surface area contributed by atoms with Crippen LogP contribution in [0.1, 0.15) is 23.1 Å². The molecule has 0 amide bonds. The van der Waals surface area contributed by atoms with Gasteiger partial charge in [-0.15, -0.1) is 0 Å². The van der Waals surface area contributed by atoms with Crippen LogP contribution in [0.2, 0.25) is 0 Å². The van der Waals surface area contributed by atoms with E-state index in [0.29, 0.717) is 0 Å². The summed E-state index contributed by atoms with van der Waals surface area (Å²) in [6.07, 6.45) is 0.987. The fourth-order valence-electron chi connectivity index (χ4n) is 2.05. The molecule has 0 spiro atoms. The van der Waals surface area contributed by atoms with Gasteiger partial charge in [0.15, 0.2) is 0 Å². The zero-order valence-corrected chi connectivity index (χ0v) is 12.6. The number of benzene rings is 2. The van der Waals surface area contributed by atoms with Crippen LogP contribution in [0.25, 0.3) is 0 Å². The molecule has 0 unspecified atom stereocenters. The molecule has 0 saturated carbocycles. The summed E-state index contributed by atoms with van der Waals surface area (Å²) < 4.78 is 5.71. The van der Waals surface area contributed by atoms with Crippen molar-refractivity contribution in [3.63, 3.8) is 0 Å². The Labute approximate surface area is 121 Å². The molecule has 0 aliphatic rings. The van der Waals surface area contributed by atoms with E-state index in [0.717, 1.165) is 25.3 Å². The van der Waals surface area contributed by atoms with Gasteiger partial charge in [0.2, 0.25) is 0 Å². The van der Waals surface area contributed by atoms with Gasteiger partial charge in [-0.3, -0.25) is 0 Å². The van der Waals surface area contributed by atoms with Crippen LogP contribution in [0.15, 0.2) is 42.5 Å². The molecule has 106 valence electrons. The standard InChI is InChI=1S/C18H23NO/c1-14-6-9-17(10-7-14)20-12-4-11-19-18-13-15(2)5-8-16(18)3/h5-10,13,19H,4,11-12H2,1-3H3. The second-order valence-electron chi connectivity index (χ2n) is 5.26. The molecule has 0 aliphatic carbocycles. The van der Waals surface area contributed by atoms with Crippen LogP contribution in [-0.2, 0) is 0 Å². The van der Waals surface area contributed by atoms with E-state index in [1.807, 2.05) is 12.1 Å². The van der Waals surface area contributed by atoms with Gasteiger partial charge in [0.1, 0.15) is 5.75 Å². The number of hydrogen-bond donors (Lipinski definition) is 1. The minimum absolute atomic E-state index is 0.737. The Bertz CT molecular complexity index is 546. The Hall–Kier alpha value is -1.96. The largest absolute Gasteiger partial charge is 0.494 e. The van der Waals surface area contributed by atoms with Crippen molar-refractivity contribution in [3.8, 4) is 5.75 Å². The molecule has 0 aliphatic heterocycles. The lowest BCUT2D eigenvalue weighted by Crippen LogP contribution is -2.08. The van der Waals surface area contributed by atoms with Crippen molar-refractivity contribution in [1.29, 1.82) is 0 Å². The number of ether oxygens (including phenoxy) is 1. The van der Waals surface area contributed by atoms with Crippen molar-refractivity contribution in [3.05, 3.63) is 59.2 Å². The monoisotopic (exact) mass is 269 g/mol. The molecular formula is C18H23NO. The predicted octanol–water partition coefficient (Wildman–Crippen LogP) is 4.49. The van der Waals surface area contributed by atoms with E-state index < -0.39 is 0 Å². The van der Waals surface area contributed by atoms with Gasteiger partial charge >= 0.3 is 0 Å². The molecule has 0 radical (unpaired) electrons.